The Labute approximate surface area is 148 Å². The Morgan fingerprint density at radius 1 is 0.960 bits per heavy atom. The third-order valence-electron chi connectivity index (χ3n) is 3.98. The maximum absolute atomic E-state index is 5.82. The quantitative estimate of drug-likeness (QED) is 0.843. The molecular weight excluding hydrogens is 314 g/mol. The summed E-state index contributed by atoms with van der Waals surface area (Å²) in [6.45, 7) is 7.07. The van der Waals surface area contributed by atoms with E-state index in [0.29, 0.717) is 13.2 Å². The van der Waals surface area contributed by atoms with E-state index in [1.165, 1.54) is 0 Å². The number of ether oxygens (including phenoxy) is 2. The highest BCUT2D eigenvalue weighted by molar-refractivity contribution is 6.15. The van der Waals surface area contributed by atoms with Crippen LogP contribution in [0.4, 0.5) is 5.69 Å². The molecule has 25 heavy (non-hydrogen) atoms. The summed E-state index contributed by atoms with van der Waals surface area (Å²) in [5, 5.41) is 8.85. The second-order valence-corrected chi connectivity index (χ2v) is 5.90. The van der Waals surface area contributed by atoms with Gasteiger partial charge in [-0.2, -0.15) is 5.10 Å². The molecule has 2 aromatic rings. The lowest BCUT2D eigenvalue weighted by Gasteiger charge is -2.16. The van der Waals surface area contributed by atoms with Crippen molar-refractivity contribution in [3.05, 3.63) is 53.1 Å². The normalized spacial score (nSPS) is 13.4. The molecule has 3 rings (SSSR count). The monoisotopic (exact) mass is 337 g/mol. The first-order valence-electron chi connectivity index (χ1n) is 8.52. The number of fused-ring (bicyclic) bond motifs is 1. The van der Waals surface area contributed by atoms with Gasteiger partial charge >= 0.3 is 0 Å². The van der Waals surface area contributed by atoms with Gasteiger partial charge in [0.15, 0.2) is 11.5 Å². The summed E-state index contributed by atoms with van der Waals surface area (Å²) >= 11 is 0. The molecule has 130 valence electrons. The molecule has 0 amide bonds. The van der Waals surface area contributed by atoms with E-state index in [1.807, 2.05) is 57.2 Å². The van der Waals surface area contributed by atoms with Crippen LogP contribution in [0.5, 0.6) is 11.5 Å². The fourth-order valence-electron chi connectivity index (χ4n) is 2.86. The zero-order valence-corrected chi connectivity index (χ0v) is 14.9. The maximum Gasteiger partial charge on any atom is 0.161 e. The molecule has 5 heteroatoms. The summed E-state index contributed by atoms with van der Waals surface area (Å²) in [7, 11) is 0. The number of benzene rings is 2. The lowest BCUT2D eigenvalue weighted by Crippen LogP contribution is -2.09. The van der Waals surface area contributed by atoms with Crippen LogP contribution in [0.25, 0.3) is 0 Å². The largest absolute Gasteiger partial charge is 0.490 e. The minimum Gasteiger partial charge on any atom is -0.490 e. The summed E-state index contributed by atoms with van der Waals surface area (Å²) in [5.74, 6) is 1.49. The van der Waals surface area contributed by atoms with Gasteiger partial charge in [-0.15, -0.1) is 5.10 Å². The minimum atomic E-state index is 0.572. The van der Waals surface area contributed by atoms with E-state index in [4.69, 9.17) is 15.2 Å². The topological polar surface area (TPSA) is 69.2 Å². The standard InChI is InChI=1S/C20H23N3O2/c1-4-24-18-11-15-10-13(3)22-23-20(14-6-8-16(21)9-7-14)17(15)12-19(18)25-5-2/h6-9,11-12H,4-5,10,21H2,1-3H3. The first kappa shape index (κ1) is 17.0. The molecule has 1 aliphatic heterocycles. The van der Waals surface area contributed by atoms with E-state index in [1.54, 1.807) is 0 Å². The molecule has 2 N–H and O–H groups in total. The SMILES string of the molecule is CCOc1cc2c(cc1OCC)C(c1ccc(N)cc1)=NN=C(C)C2. The fraction of sp³-hybridized carbons (Fsp3) is 0.300. The first-order chi connectivity index (χ1) is 12.1. The van der Waals surface area contributed by atoms with Crippen LogP contribution in [-0.4, -0.2) is 24.6 Å². The Bertz CT molecular complexity index is 824. The Morgan fingerprint density at radius 2 is 1.60 bits per heavy atom. The highest BCUT2D eigenvalue weighted by Gasteiger charge is 2.20. The number of hydrogen-bond acceptors (Lipinski definition) is 5. The molecule has 0 saturated carbocycles. The predicted octanol–water partition coefficient (Wildman–Crippen LogP) is 3.84. The van der Waals surface area contributed by atoms with Gasteiger partial charge < -0.3 is 15.2 Å². The fourth-order valence-corrected chi connectivity index (χ4v) is 2.86. The van der Waals surface area contributed by atoms with Crippen molar-refractivity contribution in [2.75, 3.05) is 18.9 Å². The van der Waals surface area contributed by atoms with E-state index in [9.17, 15) is 0 Å². The molecule has 0 atom stereocenters. The van der Waals surface area contributed by atoms with Gasteiger partial charge in [-0.05, 0) is 50.6 Å². The Balaban J connectivity index is 2.16. The number of hydrogen-bond donors (Lipinski definition) is 1. The van der Waals surface area contributed by atoms with Gasteiger partial charge in [-0.1, -0.05) is 12.1 Å². The molecule has 1 heterocycles. The van der Waals surface area contributed by atoms with Crippen LogP contribution in [0.3, 0.4) is 0 Å². The highest BCUT2D eigenvalue weighted by atomic mass is 16.5. The van der Waals surface area contributed by atoms with Crippen molar-refractivity contribution in [2.45, 2.75) is 27.2 Å². The third-order valence-corrected chi connectivity index (χ3v) is 3.98. The first-order valence-corrected chi connectivity index (χ1v) is 8.52. The van der Waals surface area contributed by atoms with E-state index in [2.05, 4.69) is 10.2 Å². The number of nitrogens with two attached hydrogens (primary N) is 1. The third kappa shape index (κ3) is 3.65. The molecule has 2 aromatic carbocycles. The van der Waals surface area contributed by atoms with E-state index in [0.717, 1.165) is 51.7 Å². The molecule has 0 unspecified atom stereocenters. The molecule has 0 fully saturated rings. The molecule has 1 aliphatic rings. The lowest BCUT2D eigenvalue weighted by atomic mass is 9.94. The van der Waals surface area contributed by atoms with Crippen LogP contribution in [0, 0.1) is 0 Å². The van der Waals surface area contributed by atoms with Crippen LogP contribution < -0.4 is 15.2 Å². The summed E-state index contributed by atoms with van der Waals surface area (Å²) in [6, 6.07) is 11.7. The van der Waals surface area contributed by atoms with Crippen molar-refractivity contribution in [3.8, 4) is 11.5 Å². The summed E-state index contributed by atoms with van der Waals surface area (Å²) in [4.78, 5) is 0. The van der Waals surface area contributed by atoms with Crippen LogP contribution >= 0.6 is 0 Å². The lowest BCUT2D eigenvalue weighted by molar-refractivity contribution is 0.287. The maximum atomic E-state index is 5.82. The van der Waals surface area contributed by atoms with E-state index < -0.39 is 0 Å². The number of nitrogens with zero attached hydrogens (tertiary/aromatic N) is 2. The number of rotatable bonds is 5. The van der Waals surface area contributed by atoms with Crippen molar-refractivity contribution >= 4 is 17.1 Å². The molecule has 0 aromatic heterocycles. The molecule has 0 spiro atoms. The van der Waals surface area contributed by atoms with Crippen LogP contribution in [0.1, 0.15) is 37.5 Å². The van der Waals surface area contributed by atoms with Crippen LogP contribution in [0.15, 0.2) is 46.6 Å². The molecule has 0 aliphatic carbocycles. The average molecular weight is 337 g/mol. The minimum absolute atomic E-state index is 0.572. The van der Waals surface area contributed by atoms with Crippen molar-refractivity contribution in [1.82, 2.24) is 0 Å². The Hall–Kier alpha value is -2.82. The van der Waals surface area contributed by atoms with Gasteiger partial charge in [-0.25, -0.2) is 0 Å². The van der Waals surface area contributed by atoms with Gasteiger partial charge in [0.2, 0.25) is 0 Å². The van der Waals surface area contributed by atoms with E-state index in [-0.39, 0.29) is 0 Å². The molecular formula is C20H23N3O2. The van der Waals surface area contributed by atoms with Crippen LogP contribution in [0.2, 0.25) is 0 Å². The zero-order valence-electron chi connectivity index (χ0n) is 14.9. The second kappa shape index (κ2) is 7.38. The molecule has 5 nitrogen and oxygen atoms in total. The van der Waals surface area contributed by atoms with Crippen molar-refractivity contribution in [3.63, 3.8) is 0 Å². The molecule has 0 bridgehead atoms. The Morgan fingerprint density at radius 3 is 2.24 bits per heavy atom. The van der Waals surface area contributed by atoms with Gasteiger partial charge in [0, 0.05) is 28.9 Å². The van der Waals surface area contributed by atoms with Crippen LogP contribution in [-0.2, 0) is 6.42 Å². The number of nitrogen functional groups attached to an aromatic ring is 1. The summed E-state index contributed by atoms with van der Waals surface area (Å²) < 4.78 is 11.6. The van der Waals surface area contributed by atoms with Gasteiger partial charge in [-0.3, -0.25) is 0 Å². The number of anilines is 1. The second-order valence-electron chi connectivity index (χ2n) is 5.90. The van der Waals surface area contributed by atoms with Gasteiger partial charge in [0.1, 0.15) is 5.71 Å². The molecule has 0 saturated heterocycles. The van der Waals surface area contributed by atoms with Crippen molar-refractivity contribution in [2.24, 2.45) is 10.2 Å². The summed E-state index contributed by atoms with van der Waals surface area (Å²) in [6.07, 6.45) is 0.726. The van der Waals surface area contributed by atoms with Crippen molar-refractivity contribution < 1.29 is 9.47 Å². The zero-order chi connectivity index (χ0) is 17.8. The molecule has 0 radical (unpaired) electrons. The van der Waals surface area contributed by atoms with E-state index >= 15 is 0 Å². The highest BCUT2D eigenvalue weighted by Crippen LogP contribution is 2.34. The smallest absolute Gasteiger partial charge is 0.161 e. The Kier molecular flexibility index (Phi) is 5.03. The average Bonchev–Trinajstić information content (AvgIpc) is 2.75. The van der Waals surface area contributed by atoms with Gasteiger partial charge in [0.05, 0.1) is 13.2 Å². The van der Waals surface area contributed by atoms with Crippen molar-refractivity contribution in [1.29, 1.82) is 0 Å². The predicted molar refractivity (Wildman–Crippen MR) is 102 cm³/mol. The summed E-state index contributed by atoms with van der Waals surface area (Å²) in [5.41, 5.74) is 11.4. The van der Waals surface area contributed by atoms with Gasteiger partial charge in [0.25, 0.3) is 0 Å².